The van der Waals surface area contributed by atoms with Gasteiger partial charge in [0.15, 0.2) is 0 Å². The fourth-order valence-electron chi connectivity index (χ4n) is 5.64. The number of ether oxygens (including phenoxy) is 1. The van der Waals surface area contributed by atoms with Crippen molar-refractivity contribution in [3.63, 3.8) is 0 Å². The molecular weight excluding hydrogens is 410 g/mol. The second-order valence-corrected chi connectivity index (χ2v) is 8.33. The summed E-state index contributed by atoms with van der Waals surface area (Å²) in [5.41, 5.74) is -0.202. The van der Waals surface area contributed by atoms with Gasteiger partial charge in [0, 0.05) is 19.1 Å². The van der Waals surface area contributed by atoms with Crippen LogP contribution >= 0.6 is 0 Å². The number of piperazine rings is 1. The Kier molecular flexibility index (Phi) is 4.82. The molecule has 0 bridgehead atoms. The van der Waals surface area contributed by atoms with Crippen molar-refractivity contribution >= 4 is 29.4 Å². The molecule has 3 aliphatic heterocycles. The summed E-state index contributed by atoms with van der Waals surface area (Å²) in [5.74, 6) is -3.63. The Hall–Kier alpha value is -3.52. The van der Waals surface area contributed by atoms with Crippen molar-refractivity contribution in [2.24, 2.45) is 11.8 Å². The van der Waals surface area contributed by atoms with Crippen molar-refractivity contribution in [3.05, 3.63) is 66.2 Å². The number of benzene rings is 2. The molecule has 0 aromatic heterocycles. The fourth-order valence-corrected chi connectivity index (χ4v) is 5.64. The molecule has 2 aromatic rings. The van der Waals surface area contributed by atoms with E-state index in [4.69, 9.17) is 4.74 Å². The fraction of sp³-hybridized carbons (Fsp3) is 0.333. The maximum absolute atomic E-state index is 13.8. The summed E-state index contributed by atoms with van der Waals surface area (Å²) in [6.45, 7) is 0.788. The number of esters is 1. The van der Waals surface area contributed by atoms with Gasteiger partial charge in [0.25, 0.3) is 0 Å². The minimum Gasteiger partial charge on any atom is -0.469 e. The SMILES string of the molecule is COC(=O)C[C@]12C(=O)NCCN1[C@@H](c1ccccc1)[C@@H]1C(=O)N(c3ccccc3)C(=O)[C@@H]12. The highest BCUT2D eigenvalue weighted by Crippen LogP contribution is 2.57. The van der Waals surface area contributed by atoms with Crippen LogP contribution in [0.3, 0.4) is 0 Å². The normalized spacial score (nSPS) is 29.5. The van der Waals surface area contributed by atoms with Crippen LogP contribution in [-0.4, -0.2) is 54.3 Å². The highest BCUT2D eigenvalue weighted by molar-refractivity contribution is 6.24. The number of carbonyl (C=O) groups excluding carboxylic acids is 4. The first-order valence-electron chi connectivity index (χ1n) is 10.6. The van der Waals surface area contributed by atoms with Gasteiger partial charge in [0.1, 0.15) is 5.54 Å². The Balaban J connectivity index is 1.71. The lowest BCUT2D eigenvalue weighted by Crippen LogP contribution is -2.67. The summed E-state index contributed by atoms with van der Waals surface area (Å²) in [5, 5.41) is 2.83. The van der Waals surface area contributed by atoms with Crippen molar-refractivity contribution in [1.82, 2.24) is 10.2 Å². The van der Waals surface area contributed by atoms with E-state index >= 15 is 0 Å². The Morgan fingerprint density at radius 2 is 1.69 bits per heavy atom. The van der Waals surface area contributed by atoms with E-state index in [1.807, 2.05) is 35.2 Å². The number of carbonyl (C=O) groups is 4. The van der Waals surface area contributed by atoms with Crippen molar-refractivity contribution < 1.29 is 23.9 Å². The van der Waals surface area contributed by atoms with Crippen LogP contribution in [0.2, 0.25) is 0 Å². The van der Waals surface area contributed by atoms with Crippen molar-refractivity contribution in [3.8, 4) is 0 Å². The number of imide groups is 1. The van der Waals surface area contributed by atoms with E-state index in [0.29, 0.717) is 18.8 Å². The van der Waals surface area contributed by atoms with Crippen LogP contribution in [-0.2, 0) is 23.9 Å². The zero-order chi connectivity index (χ0) is 22.5. The predicted molar refractivity (Wildman–Crippen MR) is 114 cm³/mol. The van der Waals surface area contributed by atoms with Crippen LogP contribution in [0.1, 0.15) is 18.0 Å². The van der Waals surface area contributed by atoms with Crippen LogP contribution in [0.4, 0.5) is 5.69 Å². The lowest BCUT2D eigenvalue weighted by molar-refractivity contribution is -0.154. The molecule has 0 unspecified atom stereocenters. The van der Waals surface area contributed by atoms with E-state index in [1.165, 1.54) is 12.0 Å². The summed E-state index contributed by atoms with van der Waals surface area (Å²) in [6, 6.07) is 17.6. The van der Waals surface area contributed by atoms with Crippen LogP contribution < -0.4 is 10.2 Å². The molecule has 1 N–H and O–H groups in total. The average molecular weight is 433 g/mol. The van der Waals surface area contributed by atoms with Gasteiger partial charge in [-0.05, 0) is 17.7 Å². The van der Waals surface area contributed by atoms with E-state index in [1.54, 1.807) is 30.3 Å². The van der Waals surface area contributed by atoms with Gasteiger partial charge in [-0.1, -0.05) is 48.5 Å². The summed E-state index contributed by atoms with van der Waals surface area (Å²) >= 11 is 0. The van der Waals surface area contributed by atoms with Gasteiger partial charge < -0.3 is 10.1 Å². The van der Waals surface area contributed by atoms with Crippen molar-refractivity contribution in [1.29, 1.82) is 0 Å². The number of methoxy groups -OCH3 is 1. The first kappa shape index (κ1) is 20.4. The second kappa shape index (κ2) is 7.56. The molecule has 8 heteroatoms. The van der Waals surface area contributed by atoms with Crippen LogP contribution in [0.5, 0.6) is 0 Å². The molecule has 2 aromatic carbocycles. The molecule has 5 rings (SSSR count). The molecule has 3 saturated heterocycles. The molecule has 3 heterocycles. The average Bonchev–Trinajstić information content (AvgIpc) is 3.26. The van der Waals surface area contributed by atoms with Crippen molar-refractivity contribution in [2.45, 2.75) is 18.0 Å². The number of para-hydroxylation sites is 1. The molecular formula is C24H23N3O5. The largest absolute Gasteiger partial charge is 0.469 e. The Labute approximate surface area is 185 Å². The van der Waals surface area contributed by atoms with Gasteiger partial charge in [-0.3, -0.25) is 24.1 Å². The lowest BCUT2D eigenvalue weighted by Gasteiger charge is -2.45. The molecule has 3 amide bonds. The molecule has 4 atom stereocenters. The maximum atomic E-state index is 13.8. The molecule has 0 spiro atoms. The molecule has 8 nitrogen and oxygen atoms in total. The molecule has 0 radical (unpaired) electrons. The van der Waals surface area contributed by atoms with Crippen LogP contribution in [0.15, 0.2) is 60.7 Å². The standard InChI is InChI=1S/C24H23N3O5/c1-32-17(28)14-24-19-18(21(29)27(22(19)30)16-10-6-3-7-11-16)20(15-8-4-2-5-9-15)26(24)13-12-25-23(24)31/h2-11,18-20H,12-14H2,1H3,(H,25,31)/t18-,19-,20+,24+/m1/s1. The summed E-state index contributed by atoms with van der Waals surface area (Å²) in [7, 11) is 1.25. The predicted octanol–water partition coefficient (Wildman–Crippen LogP) is 1.28. The zero-order valence-corrected chi connectivity index (χ0v) is 17.6. The molecule has 32 heavy (non-hydrogen) atoms. The van der Waals surface area contributed by atoms with Gasteiger partial charge in [-0.25, -0.2) is 4.90 Å². The monoisotopic (exact) mass is 433 g/mol. The van der Waals surface area contributed by atoms with E-state index in [-0.39, 0.29) is 12.3 Å². The third-order valence-corrected chi connectivity index (χ3v) is 6.88. The van der Waals surface area contributed by atoms with Gasteiger partial charge in [-0.2, -0.15) is 0 Å². The van der Waals surface area contributed by atoms with Gasteiger partial charge in [0.2, 0.25) is 17.7 Å². The summed E-state index contributed by atoms with van der Waals surface area (Å²) in [6.07, 6.45) is -0.304. The Bertz CT molecular complexity index is 1090. The third kappa shape index (κ3) is 2.72. The highest BCUT2D eigenvalue weighted by Gasteiger charge is 2.73. The van der Waals surface area contributed by atoms with Gasteiger partial charge in [-0.15, -0.1) is 0 Å². The van der Waals surface area contributed by atoms with Crippen LogP contribution in [0, 0.1) is 11.8 Å². The molecule has 3 aliphatic rings. The summed E-state index contributed by atoms with van der Waals surface area (Å²) < 4.78 is 4.91. The smallest absolute Gasteiger partial charge is 0.307 e. The Morgan fingerprint density at radius 3 is 2.34 bits per heavy atom. The highest BCUT2D eigenvalue weighted by atomic mass is 16.5. The van der Waals surface area contributed by atoms with E-state index in [0.717, 1.165) is 5.56 Å². The first-order chi connectivity index (χ1) is 15.5. The second-order valence-electron chi connectivity index (χ2n) is 8.33. The first-order valence-corrected chi connectivity index (χ1v) is 10.6. The van der Waals surface area contributed by atoms with E-state index < -0.39 is 41.2 Å². The molecule has 164 valence electrons. The molecule has 3 fully saturated rings. The van der Waals surface area contributed by atoms with Crippen LogP contribution in [0.25, 0.3) is 0 Å². The lowest BCUT2D eigenvalue weighted by atomic mass is 9.76. The molecule has 0 aliphatic carbocycles. The maximum Gasteiger partial charge on any atom is 0.307 e. The number of nitrogens with zero attached hydrogens (tertiary/aromatic N) is 2. The molecule has 0 saturated carbocycles. The van der Waals surface area contributed by atoms with Gasteiger partial charge in [0.05, 0.1) is 31.1 Å². The minimum absolute atomic E-state index is 0.304. The third-order valence-electron chi connectivity index (χ3n) is 6.88. The van der Waals surface area contributed by atoms with Gasteiger partial charge >= 0.3 is 5.97 Å². The quantitative estimate of drug-likeness (QED) is 0.577. The number of hydrogen-bond acceptors (Lipinski definition) is 6. The number of fused-ring (bicyclic) bond motifs is 3. The Morgan fingerprint density at radius 1 is 1.03 bits per heavy atom. The number of hydrogen-bond donors (Lipinski definition) is 1. The van der Waals surface area contributed by atoms with Crippen molar-refractivity contribution in [2.75, 3.05) is 25.1 Å². The topological polar surface area (TPSA) is 96.0 Å². The van der Waals surface area contributed by atoms with E-state index in [2.05, 4.69) is 5.32 Å². The minimum atomic E-state index is -1.49. The number of rotatable bonds is 4. The number of amides is 3. The zero-order valence-electron chi connectivity index (χ0n) is 17.6. The number of anilines is 1. The summed E-state index contributed by atoms with van der Waals surface area (Å²) in [4.78, 5) is 56.5. The van der Waals surface area contributed by atoms with E-state index in [9.17, 15) is 19.2 Å². The number of nitrogens with one attached hydrogen (secondary N) is 1.